The van der Waals surface area contributed by atoms with Crippen LogP contribution in [0.3, 0.4) is 0 Å². The molecule has 0 amide bonds. The van der Waals surface area contributed by atoms with Gasteiger partial charge in [0.1, 0.15) is 0 Å². The van der Waals surface area contributed by atoms with Gasteiger partial charge in [-0.15, -0.1) is 11.3 Å². The zero-order valence-corrected chi connectivity index (χ0v) is 19.2. The van der Waals surface area contributed by atoms with E-state index in [2.05, 4.69) is 9.97 Å². The van der Waals surface area contributed by atoms with Crippen LogP contribution in [0.15, 0.2) is 78.0 Å². The Labute approximate surface area is 197 Å². The SMILES string of the molecule is Cn1cncc1C(O)(c1ccc(Cl)cc1)c1ccc2[nH]c(=O)cc(-c3ccc(Cl)s3)c2c1. The molecule has 32 heavy (non-hydrogen) atoms. The van der Waals surface area contributed by atoms with Crippen molar-refractivity contribution in [3.63, 3.8) is 0 Å². The second-order valence-corrected chi connectivity index (χ2v) is 9.67. The first-order valence-electron chi connectivity index (χ1n) is 9.75. The van der Waals surface area contributed by atoms with Gasteiger partial charge in [-0.05, 0) is 47.5 Å². The first-order valence-corrected chi connectivity index (χ1v) is 11.3. The maximum absolute atomic E-state index is 12.3. The Morgan fingerprint density at radius 2 is 1.78 bits per heavy atom. The zero-order valence-electron chi connectivity index (χ0n) is 16.8. The summed E-state index contributed by atoms with van der Waals surface area (Å²) >= 11 is 13.7. The number of imidazole rings is 1. The molecule has 0 bridgehead atoms. The van der Waals surface area contributed by atoms with Gasteiger partial charge in [-0.25, -0.2) is 4.98 Å². The van der Waals surface area contributed by atoms with Crippen molar-refractivity contribution >= 4 is 45.4 Å². The van der Waals surface area contributed by atoms with E-state index in [1.807, 2.05) is 31.3 Å². The van der Waals surface area contributed by atoms with E-state index in [4.69, 9.17) is 23.2 Å². The number of nitrogens with one attached hydrogen (secondary N) is 1. The Balaban J connectivity index is 1.81. The summed E-state index contributed by atoms with van der Waals surface area (Å²) < 4.78 is 2.42. The van der Waals surface area contributed by atoms with Crippen molar-refractivity contribution in [2.24, 2.45) is 7.05 Å². The number of halogens is 2. The lowest BCUT2D eigenvalue weighted by molar-refractivity contribution is 0.117. The highest BCUT2D eigenvalue weighted by Gasteiger charge is 2.36. The standard InChI is InChI=1S/C24H17Cl2N3O2S/c1-29-13-27-12-21(29)24(31,14-2-5-16(25)6-3-14)15-4-7-19-17(10-15)18(11-23(30)28-19)20-8-9-22(26)32-20/h2-13,31H,1H3,(H,28,30). The summed E-state index contributed by atoms with van der Waals surface area (Å²) in [6.45, 7) is 0. The van der Waals surface area contributed by atoms with E-state index < -0.39 is 5.60 Å². The number of hydrogen-bond donors (Lipinski definition) is 2. The maximum Gasteiger partial charge on any atom is 0.249 e. The van der Waals surface area contributed by atoms with Crippen LogP contribution in [-0.2, 0) is 12.6 Å². The Hall–Kier alpha value is -2.90. The van der Waals surface area contributed by atoms with Gasteiger partial charge in [-0.2, -0.15) is 0 Å². The third kappa shape index (κ3) is 3.45. The Bertz CT molecular complexity index is 1500. The van der Waals surface area contributed by atoms with Crippen LogP contribution in [0.5, 0.6) is 0 Å². The van der Waals surface area contributed by atoms with E-state index in [9.17, 15) is 9.90 Å². The first kappa shape index (κ1) is 21.0. The lowest BCUT2D eigenvalue weighted by atomic mass is 9.82. The molecular formula is C24H17Cl2N3O2S. The maximum atomic E-state index is 12.3. The summed E-state index contributed by atoms with van der Waals surface area (Å²) in [4.78, 5) is 20.3. The number of hydrogen-bond acceptors (Lipinski definition) is 4. The van der Waals surface area contributed by atoms with Crippen molar-refractivity contribution in [3.8, 4) is 10.4 Å². The Kier molecular flexibility index (Phi) is 5.18. The number of aryl methyl sites for hydroxylation is 1. The number of fused-ring (bicyclic) bond motifs is 1. The monoisotopic (exact) mass is 481 g/mol. The number of aromatic nitrogens is 3. The number of benzene rings is 2. The van der Waals surface area contributed by atoms with Crippen LogP contribution >= 0.6 is 34.5 Å². The van der Waals surface area contributed by atoms with Crippen LogP contribution < -0.4 is 5.56 Å². The van der Waals surface area contributed by atoms with Crippen LogP contribution in [0, 0.1) is 0 Å². The van der Waals surface area contributed by atoms with Crippen LogP contribution in [0.4, 0.5) is 0 Å². The van der Waals surface area contributed by atoms with E-state index >= 15 is 0 Å². The largest absolute Gasteiger partial charge is 0.374 e. The van der Waals surface area contributed by atoms with E-state index in [1.165, 1.54) is 11.3 Å². The third-order valence-corrected chi connectivity index (χ3v) is 7.07. The molecule has 2 aromatic carbocycles. The summed E-state index contributed by atoms with van der Waals surface area (Å²) in [5, 5.41) is 13.6. The summed E-state index contributed by atoms with van der Waals surface area (Å²) in [5.41, 5.74) is 1.61. The van der Waals surface area contributed by atoms with Gasteiger partial charge in [-0.1, -0.05) is 41.4 Å². The van der Waals surface area contributed by atoms with Gasteiger partial charge in [0.2, 0.25) is 5.56 Å². The fraction of sp³-hybridized carbons (Fsp3) is 0.0833. The normalized spacial score (nSPS) is 13.4. The van der Waals surface area contributed by atoms with E-state index in [1.54, 1.807) is 53.5 Å². The first-order chi connectivity index (χ1) is 15.4. The minimum absolute atomic E-state index is 0.204. The lowest BCUT2D eigenvalue weighted by Crippen LogP contribution is -2.31. The molecule has 3 aromatic heterocycles. The Morgan fingerprint density at radius 3 is 2.44 bits per heavy atom. The minimum atomic E-state index is -1.50. The molecule has 0 aliphatic heterocycles. The van der Waals surface area contributed by atoms with Crippen molar-refractivity contribution < 1.29 is 5.11 Å². The smallest absolute Gasteiger partial charge is 0.249 e. The molecule has 0 fully saturated rings. The average molecular weight is 482 g/mol. The molecular weight excluding hydrogens is 465 g/mol. The molecule has 0 aliphatic carbocycles. The molecule has 160 valence electrons. The fourth-order valence-electron chi connectivity index (χ4n) is 4.00. The van der Waals surface area contributed by atoms with Gasteiger partial charge < -0.3 is 14.7 Å². The molecule has 5 aromatic rings. The molecule has 3 heterocycles. The van der Waals surface area contributed by atoms with Gasteiger partial charge in [0.25, 0.3) is 0 Å². The van der Waals surface area contributed by atoms with Gasteiger partial charge in [-0.3, -0.25) is 4.79 Å². The molecule has 1 unspecified atom stereocenters. The molecule has 0 saturated heterocycles. The topological polar surface area (TPSA) is 70.9 Å². The number of aliphatic hydroxyl groups is 1. The predicted molar refractivity (Wildman–Crippen MR) is 130 cm³/mol. The van der Waals surface area contributed by atoms with E-state index in [-0.39, 0.29) is 5.56 Å². The fourth-order valence-corrected chi connectivity index (χ4v) is 5.20. The van der Waals surface area contributed by atoms with Crippen LogP contribution in [0.25, 0.3) is 21.3 Å². The Morgan fingerprint density at radius 1 is 1.03 bits per heavy atom. The molecule has 0 saturated carbocycles. The number of H-pyrrole nitrogens is 1. The summed E-state index contributed by atoms with van der Waals surface area (Å²) in [6, 6.07) is 17.9. The van der Waals surface area contributed by atoms with Crippen molar-refractivity contribution in [2.75, 3.05) is 0 Å². The molecule has 0 aliphatic rings. The second kappa shape index (κ2) is 7.90. The number of aromatic amines is 1. The van der Waals surface area contributed by atoms with Crippen LogP contribution in [0.2, 0.25) is 9.36 Å². The number of pyridine rings is 1. The highest BCUT2D eigenvalue weighted by molar-refractivity contribution is 7.19. The molecule has 5 rings (SSSR count). The van der Waals surface area contributed by atoms with Gasteiger partial charge in [0.15, 0.2) is 5.60 Å². The molecule has 5 nitrogen and oxygen atoms in total. The third-order valence-electron chi connectivity index (χ3n) is 5.55. The lowest BCUT2D eigenvalue weighted by Gasteiger charge is -2.30. The van der Waals surface area contributed by atoms with Crippen molar-refractivity contribution in [1.29, 1.82) is 0 Å². The number of rotatable bonds is 4. The second-order valence-electron chi connectivity index (χ2n) is 7.52. The summed E-state index contributed by atoms with van der Waals surface area (Å²) in [5.74, 6) is 0. The molecule has 1 atom stereocenters. The summed E-state index contributed by atoms with van der Waals surface area (Å²) in [7, 11) is 1.83. The van der Waals surface area contributed by atoms with Gasteiger partial charge in [0, 0.05) is 39.5 Å². The van der Waals surface area contributed by atoms with Gasteiger partial charge in [0.05, 0.1) is 22.6 Å². The van der Waals surface area contributed by atoms with Crippen molar-refractivity contribution in [2.45, 2.75) is 5.60 Å². The summed E-state index contributed by atoms with van der Waals surface area (Å²) in [6.07, 6.45) is 3.29. The van der Waals surface area contributed by atoms with Crippen LogP contribution in [0.1, 0.15) is 16.8 Å². The molecule has 0 radical (unpaired) electrons. The van der Waals surface area contributed by atoms with Crippen molar-refractivity contribution in [3.05, 3.63) is 110 Å². The minimum Gasteiger partial charge on any atom is -0.374 e. The van der Waals surface area contributed by atoms with Crippen molar-refractivity contribution in [1.82, 2.24) is 14.5 Å². The average Bonchev–Trinajstić information content (AvgIpc) is 3.41. The quantitative estimate of drug-likeness (QED) is 0.351. The molecule has 8 heteroatoms. The van der Waals surface area contributed by atoms with E-state index in [0.717, 1.165) is 15.8 Å². The zero-order chi connectivity index (χ0) is 22.5. The van der Waals surface area contributed by atoms with Gasteiger partial charge >= 0.3 is 0 Å². The van der Waals surface area contributed by atoms with Crippen LogP contribution in [-0.4, -0.2) is 19.6 Å². The highest BCUT2D eigenvalue weighted by Crippen LogP contribution is 2.40. The molecule has 2 N–H and O–H groups in total. The van der Waals surface area contributed by atoms with E-state index in [0.29, 0.717) is 31.7 Å². The molecule has 0 spiro atoms. The number of thiophene rings is 1. The number of nitrogens with zero attached hydrogens (tertiary/aromatic N) is 2. The highest BCUT2D eigenvalue weighted by atomic mass is 35.5. The predicted octanol–water partition coefficient (Wildman–Crippen LogP) is 5.58.